The van der Waals surface area contributed by atoms with Crippen LogP contribution in [0.3, 0.4) is 0 Å². The number of ketones is 4. The average Bonchev–Trinajstić information content (AvgIpc) is 2.86. The molecule has 5 atom stereocenters. The van der Waals surface area contributed by atoms with Crippen LogP contribution in [-0.4, -0.2) is 43.9 Å². The summed E-state index contributed by atoms with van der Waals surface area (Å²) < 4.78 is 0. The monoisotopic (exact) mass is 559 g/mol. The summed E-state index contributed by atoms with van der Waals surface area (Å²) in [5.41, 5.74) is -2.68. The van der Waals surface area contributed by atoms with Gasteiger partial charge in [-0.05, 0) is 60.8 Å². The lowest BCUT2D eigenvalue weighted by Gasteiger charge is -2.60. The van der Waals surface area contributed by atoms with Gasteiger partial charge in [0.2, 0.25) is 0 Å². The Morgan fingerprint density at radius 3 is 2.34 bits per heavy atom. The highest BCUT2D eigenvalue weighted by Crippen LogP contribution is 2.64. The molecule has 9 nitrogen and oxygen atoms in total. The highest BCUT2D eigenvalue weighted by atomic mass is 16.6. The molecular weight excluding hydrogens is 526 g/mol. The summed E-state index contributed by atoms with van der Waals surface area (Å²) in [6.45, 7) is 10.2. The van der Waals surface area contributed by atoms with Crippen molar-refractivity contribution in [1.82, 2.24) is 0 Å². The maximum absolute atomic E-state index is 14.4. The second kappa shape index (κ2) is 9.01. The molecule has 41 heavy (non-hydrogen) atoms. The number of non-ortho nitro benzene ring substituents is 1. The zero-order chi connectivity index (χ0) is 30.4. The first-order chi connectivity index (χ1) is 19.0. The summed E-state index contributed by atoms with van der Waals surface area (Å²) >= 11 is 0. The van der Waals surface area contributed by atoms with E-state index in [1.165, 1.54) is 31.2 Å². The molecule has 0 radical (unpaired) electrons. The molecule has 0 bridgehead atoms. The first kappa shape index (κ1) is 28.5. The van der Waals surface area contributed by atoms with E-state index in [0.717, 1.165) is 0 Å². The summed E-state index contributed by atoms with van der Waals surface area (Å²) in [4.78, 5) is 66.1. The van der Waals surface area contributed by atoms with Crippen LogP contribution < -0.4 is 0 Å². The third kappa shape index (κ3) is 3.64. The van der Waals surface area contributed by atoms with Crippen molar-refractivity contribution < 1.29 is 34.3 Å². The van der Waals surface area contributed by atoms with Crippen LogP contribution in [0.1, 0.15) is 63.9 Å². The van der Waals surface area contributed by atoms with Crippen LogP contribution in [0.25, 0.3) is 11.1 Å². The third-order valence-corrected chi connectivity index (χ3v) is 9.67. The van der Waals surface area contributed by atoms with Gasteiger partial charge in [-0.3, -0.25) is 29.3 Å². The Balaban J connectivity index is 1.76. The van der Waals surface area contributed by atoms with Gasteiger partial charge in [-0.1, -0.05) is 57.0 Å². The SMILES string of the molecule is CC(=O)C1C(=O)[C@@]2(O)C(=O)C3C(=O)c4c(O)ccc(-c5cccc([N+](=O)[O-])c5)c4C[C@@]3(C)C[C@@]2(C)C(C(C)C)=C1C. The molecule has 2 aromatic rings. The highest BCUT2D eigenvalue weighted by Gasteiger charge is 2.73. The minimum absolute atomic E-state index is 0.0866. The van der Waals surface area contributed by atoms with Crippen LogP contribution in [0.5, 0.6) is 5.75 Å². The molecule has 1 saturated carbocycles. The van der Waals surface area contributed by atoms with E-state index in [1.807, 2.05) is 13.8 Å². The second-order valence-corrected chi connectivity index (χ2v) is 12.7. The lowest BCUT2D eigenvalue weighted by atomic mass is 9.41. The molecule has 0 amide bonds. The van der Waals surface area contributed by atoms with Crippen LogP contribution in [0.15, 0.2) is 47.5 Å². The zero-order valence-corrected chi connectivity index (χ0v) is 23.9. The fourth-order valence-corrected chi connectivity index (χ4v) is 8.40. The molecule has 214 valence electrons. The number of Topliss-reactive ketones (excluding diaryl/α,β-unsaturated/α-hetero) is 4. The van der Waals surface area contributed by atoms with Crippen LogP contribution in [0, 0.1) is 38.7 Å². The molecule has 3 aliphatic carbocycles. The average molecular weight is 560 g/mol. The Hall–Kier alpha value is -3.98. The Labute approximate surface area is 237 Å². The normalized spacial score (nSPS) is 31.1. The van der Waals surface area contributed by atoms with Gasteiger partial charge >= 0.3 is 0 Å². The zero-order valence-electron chi connectivity index (χ0n) is 23.9. The lowest BCUT2D eigenvalue weighted by Crippen LogP contribution is -2.73. The van der Waals surface area contributed by atoms with E-state index >= 15 is 0 Å². The molecule has 9 heteroatoms. The summed E-state index contributed by atoms with van der Waals surface area (Å²) in [5.74, 6) is -6.37. The van der Waals surface area contributed by atoms with Gasteiger partial charge in [0.05, 0.1) is 16.4 Å². The van der Waals surface area contributed by atoms with Crippen LogP contribution in [-0.2, 0) is 20.8 Å². The molecule has 2 N–H and O–H groups in total. The van der Waals surface area contributed by atoms with E-state index in [0.29, 0.717) is 27.8 Å². The van der Waals surface area contributed by atoms with Crippen LogP contribution in [0.4, 0.5) is 5.69 Å². The van der Waals surface area contributed by atoms with Gasteiger partial charge in [0.15, 0.2) is 23.0 Å². The number of phenols is 1. The van der Waals surface area contributed by atoms with Crippen molar-refractivity contribution in [3.05, 3.63) is 68.8 Å². The fraction of sp³-hybridized carbons (Fsp3) is 0.438. The Bertz CT molecular complexity index is 1620. The number of nitro groups is 1. The highest BCUT2D eigenvalue weighted by molar-refractivity contribution is 6.27. The van der Waals surface area contributed by atoms with Crippen LogP contribution in [0.2, 0.25) is 0 Å². The maximum atomic E-state index is 14.4. The van der Waals surface area contributed by atoms with Gasteiger partial charge in [0.1, 0.15) is 17.5 Å². The number of nitrogens with zero attached hydrogens (tertiary/aromatic N) is 1. The Morgan fingerprint density at radius 1 is 1.10 bits per heavy atom. The third-order valence-electron chi connectivity index (χ3n) is 9.67. The van der Waals surface area contributed by atoms with E-state index in [1.54, 1.807) is 32.9 Å². The van der Waals surface area contributed by atoms with Gasteiger partial charge in [-0.2, -0.15) is 0 Å². The van der Waals surface area contributed by atoms with Gasteiger partial charge in [0.25, 0.3) is 5.69 Å². The first-order valence-electron chi connectivity index (χ1n) is 13.7. The van der Waals surface area contributed by atoms with Gasteiger partial charge in [-0.25, -0.2) is 0 Å². The molecular formula is C32H33NO8. The number of hydrogen-bond donors (Lipinski definition) is 2. The van der Waals surface area contributed by atoms with E-state index in [2.05, 4.69) is 0 Å². The molecule has 2 unspecified atom stereocenters. The number of carbonyl (C=O) groups excluding carboxylic acids is 4. The fourth-order valence-electron chi connectivity index (χ4n) is 8.40. The topological polar surface area (TPSA) is 152 Å². The molecule has 0 aromatic heterocycles. The molecule has 5 rings (SSSR count). The summed E-state index contributed by atoms with van der Waals surface area (Å²) in [6, 6.07) is 8.86. The van der Waals surface area contributed by atoms with Crippen molar-refractivity contribution in [1.29, 1.82) is 0 Å². The Kier molecular flexibility index (Phi) is 6.27. The quantitative estimate of drug-likeness (QED) is 0.235. The standard InChI is InChI=1S/C32H33NO8/c1-15(2)25-16(3)23(17(4)34)28(37)32(39)29(38)26-27(36)24-21(13-30(26,5)14-31(25,32)6)20(10-11-22(24)35)18-8-7-9-19(12-18)33(40)41/h7-12,15,23,26,35,39H,13-14H2,1-6H3/t23?,26?,30-,31-,32+/m0/s1. The van der Waals surface area contributed by atoms with Gasteiger partial charge in [-0.15, -0.1) is 0 Å². The first-order valence-corrected chi connectivity index (χ1v) is 13.7. The van der Waals surface area contributed by atoms with Gasteiger partial charge < -0.3 is 10.2 Å². The van der Waals surface area contributed by atoms with Crippen molar-refractivity contribution in [3.63, 3.8) is 0 Å². The van der Waals surface area contributed by atoms with E-state index in [-0.39, 0.29) is 35.8 Å². The summed E-state index contributed by atoms with van der Waals surface area (Å²) in [7, 11) is 0. The second-order valence-electron chi connectivity index (χ2n) is 12.7. The number of aliphatic hydroxyl groups is 1. The summed E-state index contributed by atoms with van der Waals surface area (Å²) in [5, 5.41) is 34.5. The number of rotatable bonds is 4. The van der Waals surface area contributed by atoms with Crippen molar-refractivity contribution in [2.45, 2.75) is 60.0 Å². The van der Waals surface area contributed by atoms with Crippen molar-refractivity contribution >= 4 is 28.8 Å². The van der Waals surface area contributed by atoms with E-state index < -0.39 is 56.3 Å². The number of phenolic OH excluding ortho intramolecular Hbond substituents is 1. The smallest absolute Gasteiger partial charge is 0.270 e. The number of nitro benzene ring substituents is 1. The predicted octanol–water partition coefficient (Wildman–Crippen LogP) is 4.80. The lowest BCUT2D eigenvalue weighted by molar-refractivity contribution is -0.384. The Morgan fingerprint density at radius 2 is 1.76 bits per heavy atom. The number of carbonyl (C=O) groups is 4. The molecule has 0 saturated heterocycles. The van der Waals surface area contributed by atoms with Gasteiger partial charge in [0, 0.05) is 17.5 Å². The largest absolute Gasteiger partial charge is 0.507 e. The number of aromatic hydroxyl groups is 1. The molecule has 0 spiro atoms. The predicted molar refractivity (Wildman–Crippen MR) is 149 cm³/mol. The van der Waals surface area contributed by atoms with Crippen molar-refractivity contribution in [2.24, 2.45) is 28.6 Å². The van der Waals surface area contributed by atoms with E-state index in [4.69, 9.17) is 0 Å². The molecule has 0 heterocycles. The number of allylic oxidation sites excluding steroid dienone is 1. The molecule has 2 aromatic carbocycles. The van der Waals surface area contributed by atoms with Crippen LogP contribution >= 0.6 is 0 Å². The number of fused-ring (bicyclic) bond motifs is 3. The molecule has 0 aliphatic heterocycles. The maximum Gasteiger partial charge on any atom is 0.270 e. The minimum atomic E-state index is -2.60. The molecule has 3 aliphatic rings. The molecule has 1 fully saturated rings. The number of hydrogen-bond acceptors (Lipinski definition) is 8. The minimum Gasteiger partial charge on any atom is -0.507 e. The van der Waals surface area contributed by atoms with Crippen molar-refractivity contribution in [3.8, 4) is 16.9 Å². The number of benzene rings is 2. The van der Waals surface area contributed by atoms with E-state index in [9.17, 15) is 39.5 Å². The summed E-state index contributed by atoms with van der Waals surface area (Å²) in [6.07, 6.45) is 0.223. The van der Waals surface area contributed by atoms with Crippen molar-refractivity contribution in [2.75, 3.05) is 0 Å².